The third-order valence-electron chi connectivity index (χ3n) is 3.63. The smallest absolute Gasteiger partial charge is 0.134 e. The standard InChI is InChI=1S/C18H26N2O3.2ClH/c1-14(22)15-3-5-16(6-4-15)18-8-7-17(23-18)13-20-10-2-9-19-11-12-21;;/h3-8,14,19-22H,2,9-13H2,1H3;2*1H. The summed E-state index contributed by atoms with van der Waals surface area (Å²) in [6.07, 6.45) is 0.557. The van der Waals surface area contributed by atoms with Crippen LogP contribution in [0.15, 0.2) is 40.8 Å². The predicted octanol–water partition coefficient (Wildman–Crippen LogP) is 2.91. The van der Waals surface area contributed by atoms with Crippen molar-refractivity contribution in [3.8, 4) is 11.3 Å². The molecule has 142 valence electrons. The lowest BCUT2D eigenvalue weighted by Crippen LogP contribution is -2.23. The van der Waals surface area contributed by atoms with E-state index < -0.39 is 6.10 Å². The Morgan fingerprint density at radius 2 is 1.64 bits per heavy atom. The summed E-state index contributed by atoms with van der Waals surface area (Å²) in [5.41, 5.74) is 1.91. The topological polar surface area (TPSA) is 77.7 Å². The number of furan rings is 1. The van der Waals surface area contributed by atoms with E-state index in [2.05, 4.69) is 10.6 Å². The maximum Gasteiger partial charge on any atom is 0.134 e. The quantitative estimate of drug-likeness (QED) is 0.469. The van der Waals surface area contributed by atoms with Crippen molar-refractivity contribution in [3.05, 3.63) is 47.7 Å². The van der Waals surface area contributed by atoms with Gasteiger partial charge in [0.05, 0.1) is 19.3 Å². The molecule has 2 aromatic rings. The molecule has 4 N–H and O–H groups in total. The first-order valence-electron chi connectivity index (χ1n) is 8.10. The molecular formula is C18H28Cl2N2O3. The van der Waals surface area contributed by atoms with Crippen molar-refractivity contribution in [1.82, 2.24) is 10.6 Å². The van der Waals surface area contributed by atoms with Gasteiger partial charge in [-0.05, 0) is 44.1 Å². The number of halogens is 2. The molecule has 7 heteroatoms. The molecule has 0 spiro atoms. The molecule has 0 amide bonds. The molecule has 1 atom stereocenters. The first kappa shape index (κ1) is 23.9. The molecule has 1 aromatic carbocycles. The van der Waals surface area contributed by atoms with Gasteiger partial charge in [0.15, 0.2) is 0 Å². The molecule has 1 heterocycles. The first-order chi connectivity index (χ1) is 11.2. The summed E-state index contributed by atoms with van der Waals surface area (Å²) in [7, 11) is 0. The van der Waals surface area contributed by atoms with E-state index in [4.69, 9.17) is 9.52 Å². The van der Waals surface area contributed by atoms with E-state index in [0.29, 0.717) is 13.1 Å². The summed E-state index contributed by atoms with van der Waals surface area (Å²) < 4.78 is 5.84. The third kappa shape index (κ3) is 8.23. The lowest BCUT2D eigenvalue weighted by atomic mass is 10.1. The minimum atomic E-state index is -0.452. The summed E-state index contributed by atoms with van der Waals surface area (Å²) in [6, 6.07) is 11.7. The Bertz CT molecular complexity index is 574. The zero-order valence-electron chi connectivity index (χ0n) is 14.4. The average molecular weight is 391 g/mol. The summed E-state index contributed by atoms with van der Waals surface area (Å²) in [5.74, 6) is 1.74. The fourth-order valence-electron chi connectivity index (χ4n) is 2.31. The number of aliphatic hydroxyl groups excluding tert-OH is 2. The van der Waals surface area contributed by atoms with Gasteiger partial charge in [-0.2, -0.15) is 0 Å². The Kier molecular flexibility index (Phi) is 12.6. The van der Waals surface area contributed by atoms with Crippen LogP contribution in [0.2, 0.25) is 0 Å². The molecule has 0 bridgehead atoms. The van der Waals surface area contributed by atoms with E-state index in [0.717, 1.165) is 42.2 Å². The fraction of sp³-hybridized carbons (Fsp3) is 0.444. The van der Waals surface area contributed by atoms with Crippen LogP contribution in [0.25, 0.3) is 11.3 Å². The van der Waals surface area contributed by atoms with Gasteiger partial charge in [0.25, 0.3) is 0 Å². The molecule has 1 aromatic heterocycles. The lowest BCUT2D eigenvalue weighted by molar-refractivity contribution is 0.199. The van der Waals surface area contributed by atoms with Gasteiger partial charge in [-0.3, -0.25) is 0 Å². The van der Waals surface area contributed by atoms with Crippen LogP contribution in [0, 0.1) is 0 Å². The molecule has 0 radical (unpaired) electrons. The number of aliphatic hydroxyl groups is 2. The molecule has 0 fully saturated rings. The molecule has 0 saturated carbocycles. The minimum absolute atomic E-state index is 0. The second-order valence-corrected chi connectivity index (χ2v) is 5.57. The number of nitrogens with one attached hydrogen (secondary N) is 2. The normalized spacial score (nSPS) is 11.5. The van der Waals surface area contributed by atoms with Crippen molar-refractivity contribution in [2.45, 2.75) is 26.0 Å². The van der Waals surface area contributed by atoms with Crippen LogP contribution in [0.4, 0.5) is 0 Å². The van der Waals surface area contributed by atoms with E-state index in [1.165, 1.54) is 0 Å². The molecule has 0 aliphatic carbocycles. The monoisotopic (exact) mass is 390 g/mol. The van der Waals surface area contributed by atoms with Crippen LogP contribution in [0.5, 0.6) is 0 Å². The third-order valence-corrected chi connectivity index (χ3v) is 3.63. The lowest BCUT2D eigenvalue weighted by Gasteiger charge is -2.05. The van der Waals surface area contributed by atoms with Gasteiger partial charge >= 0.3 is 0 Å². The molecule has 0 aliphatic rings. The Morgan fingerprint density at radius 3 is 2.28 bits per heavy atom. The van der Waals surface area contributed by atoms with Crippen LogP contribution < -0.4 is 10.6 Å². The zero-order chi connectivity index (χ0) is 16.5. The molecule has 0 saturated heterocycles. The Labute approximate surface area is 161 Å². The van der Waals surface area contributed by atoms with Crippen molar-refractivity contribution in [1.29, 1.82) is 0 Å². The van der Waals surface area contributed by atoms with Gasteiger partial charge < -0.3 is 25.3 Å². The van der Waals surface area contributed by atoms with Gasteiger partial charge in [0, 0.05) is 12.1 Å². The van der Waals surface area contributed by atoms with Gasteiger partial charge in [-0.1, -0.05) is 24.3 Å². The van der Waals surface area contributed by atoms with Crippen LogP contribution in [-0.4, -0.2) is 36.5 Å². The van der Waals surface area contributed by atoms with E-state index in [-0.39, 0.29) is 31.4 Å². The highest BCUT2D eigenvalue weighted by Crippen LogP contribution is 2.24. The second kappa shape index (κ2) is 13.2. The molecule has 2 rings (SSSR count). The summed E-state index contributed by atoms with van der Waals surface area (Å²) in [5, 5.41) is 24.7. The fourth-order valence-corrected chi connectivity index (χ4v) is 2.31. The Balaban J connectivity index is 0.00000288. The number of hydrogen-bond acceptors (Lipinski definition) is 5. The zero-order valence-corrected chi connectivity index (χ0v) is 16.0. The van der Waals surface area contributed by atoms with E-state index in [1.54, 1.807) is 6.92 Å². The SMILES string of the molecule is CC(O)c1ccc(-c2ccc(CNCCCNCCO)o2)cc1.Cl.Cl. The van der Waals surface area contributed by atoms with Crippen LogP contribution in [0.3, 0.4) is 0 Å². The van der Waals surface area contributed by atoms with Gasteiger partial charge in [-0.15, -0.1) is 24.8 Å². The van der Waals surface area contributed by atoms with E-state index >= 15 is 0 Å². The van der Waals surface area contributed by atoms with Crippen molar-refractivity contribution in [2.24, 2.45) is 0 Å². The minimum Gasteiger partial charge on any atom is -0.460 e. The van der Waals surface area contributed by atoms with Crippen molar-refractivity contribution in [3.63, 3.8) is 0 Å². The number of rotatable bonds is 10. The Hall–Kier alpha value is -1.08. The largest absolute Gasteiger partial charge is 0.460 e. The first-order valence-corrected chi connectivity index (χ1v) is 8.10. The maximum atomic E-state index is 9.53. The second-order valence-electron chi connectivity index (χ2n) is 5.57. The van der Waals surface area contributed by atoms with Crippen LogP contribution in [-0.2, 0) is 6.54 Å². The number of hydrogen-bond donors (Lipinski definition) is 4. The molecule has 1 unspecified atom stereocenters. The molecular weight excluding hydrogens is 363 g/mol. The van der Waals surface area contributed by atoms with E-state index in [1.807, 2.05) is 36.4 Å². The van der Waals surface area contributed by atoms with Gasteiger partial charge in [0.2, 0.25) is 0 Å². The van der Waals surface area contributed by atoms with E-state index in [9.17, 15) is 5.11 Å². The summed E-state index contributed by atoms with van der Waals surface area (Å²) >= 11 is 0. The Morgan fingerprint density at radius 1 is 0.960 bits per heavy atom. The van der Waals surface area contributed by atoms with Gasteiger partial charge in [-0.25, -0.2) is 0 Å². The number of benzene rings is 1. The van der Waals surface area contributed by atoms with Gasteiger partial charge in [0.1, 0.15) is 11.5 Å². The van der Waals surface area contributed by atoms with Crippen molar-refractivity contribution in [2.75, 3.05) is 26.2 Å². The molecule has 0 aliphatic heterocycles. The predicted molar refractivity (Wildman–Crippen MR) is 106 cm³/mol. The molecule has 5 nitrogen and oxygen atoms in total. The highest BCUT2D eigenvalue weighted by Gasteiger charge is 2.06. The van der Waals surface area contributed by atoms with Crippen molar-refractivity contribution < 1.29 is 14.6 Å². The summed E-state index contributed by atoms with van der Waals surface area (Å²) in [6.45, 7) is 5.08. The molecule has 25 heavy (non-hydrogen) atoms. The highest BCUT2D eigenvalue weighted by molar-refractivity contribution is 5.85. The summed E-state index contributed by atoms with van der Waals surface area (Å²) in [4.78, 5) is 0. The van der Waals surface area contributed by atoms with Crippen LogP contribution in [0.1, 0.15) is 30.8 Å². The highest BCUT2D eigenvalue weighted by atomic mass is 35.5. The average Bonchev–Trinajstić information content (AvgIpc) is 3.03. The maximum absolute atomic E-state index is 9.53. The van der Waals surface area contributed by atoms with Crippen LogP contribution >= 0.6 is 24.8 Å². The van der Waals surface area contributed by atoms with Crippen molar-refractivity contribution >= 4 is 24.8 Å².